The standard InChI is InChI=1S/C11H14NO.ClHO4/c1-2-3-8-12-11-7-5-4-6-10(11)9-13-12;2-1(3,4)5/h4-7,9H,2-3,8H2,1H3;(H,2,3,4,5)/q+1;/p-1. The molecule has 0 spiro atoms. The number of hydrogen-bond acceptors (Lipinski definition) is 5. The highest BCUT2D eigenvalue weighted by molar-refractivity contribution is 5.73. The predicted octanol–water partition coefficient (Wildman–Crippen LogP) is -2.24. The summed E-state index contributed by atoms with van der Waals surface area (Å²) < 4.78 is 41.4. The van der Waals surface area contributed by atoms with E-state index in [1.165, 1.54) is 23.7 Å². The molecule has 0 N–H and O–H groups in total. The number of fused-ring (bicyclic) bond motifs is 1. The van der Waals surface area contributed by atoms with Gasteiger partial charge in [-0.1, -0.05) is 19.1 Å². The lowest BCUT2D eigenvalue weighted by atomic mass is 10.2. The maximum Gasteiger partial charge on any atom is 0.261 e. The Kier molecular flexibility index (Phi) is 5.52. The third-order valence-electron chi connectivity index (χ3n) is 2.23. The molecule has 18 heavy (non-hydrogen) atoms. The molecule has 6 nitrogen and oxygen atoms in total. The van der Waals surface area contributed by atoms with Gasteiger partial charge in [-0.3, -0.25) is 0 Å². The van der Waals surface area contributed by atoms with Gasteiger partial charge in [-0.05, 0) is 17.2 Å². The minimum Gasteiger partial charge on any atom is -0.243 e. The summed E-state index contributed by atoms with van der Waals surface area (Å²) in [4.78, 5) is 0. The number of rotatable bonds is 3. The van der Waals surface area contributed by atoms with Crippen LogP contribution in [0.2, 0.25) is 0 Å². The van der Waals surface area contributed by atoms with Crippen molar-refractivity contribution in [3.05, 3.63) is 30.5 Å². The van der Waals surface area contributed by atoms with Gasteiger partial charge in [-0.15, -0.1) is 10.2 Å². The normalized spacial score (nSPS) is 11.2. The van der Waals surface area contributed by atoms with Gasteiger partial charge in [-0.2, -0.15) is 0 Å². The van der Waals surface area contributed by atoms with E-state index in [1.807, 2.05) is 23.1 Å². The molecule has 0 aliphatic carbocycles. The van der Waals surface area contributed by atoms with Gasteiger partial charge in [-0.25, -0.2) is 23.2 Å². The molecular formula is C11H14ClNO5. The van der Waals surface area contributed by atoms with Crippen molar-refractivity contribution >= 4 is 10.9 Å². The molecular weight excluding hydrogens is 262 g/mol. The van der Waals surface area contributed by atoms with Crippen LogP contribution in [-0.4, -0.2) is 0 Å². The van der Waals surface area contributed by atoms with Crippen LogP contribution in [0.4, 0.5) is 0 Å². The van der Waals surface area contributed by atoms with Crippen LogP contribution in [-0.2, 0) is 6.54 Å². The summed E-state index contributed by atoms with van der Waals surface area (Å²) in [5.41, 5.74) is 1.19. The highest BCUT2D eigenvalue weighted by Gasteiger charge is 2.11. The molecule has 0 aliphatic heterocycles. The fourth-order valence-electron chi connectivity index (χ4n) is 1.47. The van der Waals surface area contributed by atoms with Gasteiger partial charge in [0, 0.05) is 12.5 Å². The molecule has 1 aromatic heterocycles. The van der Waals surface area contributed by atoms with Crippen molar-refractivity contribution in [2.75, 3.05) is 0 Å². The first-order valence-corrected chi connectivity index (χ1v) is 6.63. The van der Waals surface area contributed by atoms with E-state index in [9.17, 15) is 0 Å². The van der Waals surface area contributed by atoms with Crippen LogP contribution in [0.3, 0.4) is 0 Å². The Morgan fingerprint density at radius 1 is 1.17 bits per heavy atom. The smallest absolute Gasteiger partial charge is 0.243 e. The zero-order valence-corrected chi connectivity index (χ0v) is 10.6. The predicted molar refractivity (Wildman–Crippen MR) is 51.3 cm³/mol. The number of aromatic nitrogens is 1. The van der Waals surface area contributed by atoms with Gasteiger partial charge in [0.05, 0.1) is 5.39 Å². The Hall–Kier alpha value is -1.18. The van der Waals surface area contributed by atoms with Crippen LogP contribution in [0.5, 0.6) is 0 Å². The SMILES string of the molecule is CCCC[n+]1occ2ccccc21.[O-][Cl+3]([O-])([O-])[O-]. The van der Waals surface area contributed by atoms with Crippen LogP contribution in [0.25, 0.3) is 10.9 Å². The van der Waals surface area contributed by atoms with E-state index in [0.717, 1.165) is 6.54 Å². The van der Waals surface area contributed by atoms with E-state index in [2.05, 4.69) is 19.1 Å². The summed E-state index contributed by atoms with van der Waals surface area (Å²) in [5.74, 6) is 0. The fourth-order valence-corrected chi connectivity index (χ4v) is 1.47. The summed E-state index contributed by atoms with van der Waals surface area (Å²) >= 11 is 0. The van der Waals surface area contributed by atoms with Crippen molar-refractivity contribution in [1.29, 1.82) is 0 Å². The second-order valence-electron chi connectivity index (χ2n) is 3.62. The summed E-state index contributed by atoms with van der Waals surface area (Å²) in [5, 5.41) is 1.18. The molecule has 0 aliphatic rings. The Morgan fingerprint density at radius 3 is 2.39 bits per heavy atom. The Balaban J connectivity index is 0.000000280. The number of unbranched alkanes of at least 4 members (excludes halogenated alkanes) is 1. The van der Waals surface area contributed by atoms with Crippen molar-refractivity contribution in [2.45, 2.75) is 26.3 Å². The molecule has 0 atom stereocenters. The zero-order chi connectivity index (χ0) is 13.6. The first-order valence-electron chi connectivity index (χ1n) is 5.40. The van der Waals surface area contributed by atoms with E-state index < -0.39 is 10.2 Å². The molecule has 1 aromatic carbocycles. The molecule has 0 radical (unpaired) electrons. The van der Waals surface area contributed by atoms with Crippen LogP contribution in [0.15, 0.2) is 35.1 Å². The number of nitrogens with zero attached hydrogens (tertiary/aromatic N) is 1. The lowest BCUT2D eigenvalue weighted by Crippen LogP contribution is -2.68. The van der Waals surface area contributed by atoms with Crippen LogP contribution < -0.4 is 23.4 Å². The third-order valence-corrected chi connectivity index (χ3v) is 2.23. The Morgan fingerprint density at radius 2 is 1.78 bits per heavy atom. The fraction of sp³-hybridized carbons (Fsp3) is 0.364. The van der Waals surface area contributed by atoms with Crippen LogP contribution in [0, 0.1) is 10.2 Å². The average molecular weight is 276 g/mol. The molecule has 0 fully saturated rings. The number of hydrogen-bond donors (Lipinski definition) is 0. The minimum absolute atomic E-state index is 0.976. The van der Waals surface area contributed by atoms with E-state index in [1.54, 1.807) is 0 Å². The second-order valence-corrected chi connectivity index (χ2v) is 4.37. The molecule has 0 saturated carbocycles. The summed E-state index contributed by atoms with van der Waals surface area (Å²) in [6, 6.07) is 8.23. The molecule has 0 amide bonds. The largest absolute Gasteiger partial charge is 0.261 e. The van der Waals surface area contributed by atoms with Crippen molar-refractivity contribution in [3.63, 3.8) is 0 Å². The average Bonchev–Trinajstić information content (AvgIpc) is 2.67. The number of aryl methyl sites for hydroxylation is 1. The van der Waals surface area contributed by atoms with Gasteiger partial charge in [0.15, 0.2) is 12.8 Å². The van der Waals surface area contributed by atoms with E-state index in [4.69, 9.17) is 23.2 Å². The maximum atomic E-state index is 8.49. The maximum absolute atomic E-state index is 8.49. The van der Waals surface area contributed by atoms with Crippen molar-refractivity contribution in [2.24, 2.45) is 0 Å². The summed E-state index contributed by atoms with van der Waals surface area (Å²) in [6.45, 7) is 3.16. The van der Waals surface area contributed by atoms with Gasteiger partial charge in [0.2, 0.25) is 0 Å². The number of halogens is 1. The van der Waals surface area contributed by atoms with E-state index in [-0.39, 0.29) is 0 Å². The lowest BCUT2D eigenvalue weighted by Gasteiger charge is -2.17. The quantitative estimate of drug-likeness (QED) is 0.589. The van der Waals surface area contributed by atoms with Crippen molar-refractivity contribution in [3.8, 4) is 0 Å². The number of benzene rings is 1. The third kappa shape index (κ3) is 5.44. The van der Waals surface area contributed by atoms with Gasteiger partial charge >= 0.3 is 0 Å². The van der Waals surface area contributed by atoms with Crippen LogP contribution >= 0.6 is 0 Å². The first kappa shape index (κ1) is 14.9. The van der Waals surface area contributed by atoms with Gasteiger partial charge in [0.1, 0.15) is 0 Å². The molecule has 2 rings (SSSR count). The highest BCUT2D eigenvalue weighted by Crippen LogP contribution is 2.09. The molecule has 0 bridgehead atoms. The van der Waals surface area contributed by atoms with E-state index in [0.29, 0.717) is 0 Å². The Bertz CT molecular complexity index is 473. The van der Waals surface area contributed by atoms with E-state index >= 15 is 0 Å². The number of para-hydroxylation sites is 1. The minimum atomic E-state index is -4.94. The van der Waals surface area contributed by atoms with Gasteiger partial charge in [0.25, 0.3) is 5.52 Å². The van der Waals surface area contributed by atoms with Gasteiger partial charge < -0.3 is 0 Å². The molecule has 1 heterocycles. The molecule has 0 saturated heterocycles. The van der Waals surface area contributed by atoms with Crippen molar-refractivity contribution < 1.29 is 38.1 Å². The second kappa shape index (κ2) is 6.67. The summed E-state index contributed by atoms with van der Waals surface area (Å²) in [6.07, 6.45) is 4.18. The lowest BCUT2D eigenvalue weighted by molar-refractivity contribution is -2.00. The van der Waals surface area contributed by atoms with Crippen molar-refractivity contribution in [1.82, 2.24) is 0 Å². The topological polar surface area (TPSA) is 109 Å². The summed E-state index contributed by atoms with van der Waals surface area (Å²) in [7, 11) is -4.94. The molecule has 0 unspecified atom stereocenters. The highest BCUT2D eigenvalue weighted by atomic mass is 35.7. The monoisotopic (exact) mass is 275 g/mol. The zero-order valence-electron chi connectivity index (χ0n) is 9.87. The molecule has 100 valence electrons. The molecule has 7 heteroatoms. The Labute approximate surface area is 106 Å². The molecule has 2 aromatic rings. The van der Waals surface area contributed by atoms with Crippen LogP contribution in [0.1, 0.15) is 19.8 Å². The first-order chi connectivity index (χ1) is 8.42.